The van der Waals surface area contributed by atoms with Crippen LogP contribution < -0.4 is 10.6 Å². The Kier molecular flexibility index (Phi) is 6.73. The van der Waals surface area contributed by atoms with Gasteiger partial charge in [0.1, 0.15) is 17.3 Å². The van der Waals surface area contributed by atoms with Crippen molar-refractivity contribution in [3.63, 3.8) is 0 Å². The van der Waals surface area contributed by atoms with Gasteiger partial charge < -0.3 is 10.6 Å². The molecule has 24 heavy (non-hydrogen) atoms. The van der Waals surface area contributed by atoms with E-state index in [0.29, 0.717) is 17.3 Å². The Morgan fingerprint density at radius 3 is 2.67 bits per heavy atom. The Morgan fingerprint density at radius 2 is 1.96 bits per heavy atom. The van der Waals surface area contributed by atoms with Gasteiger partial charge in [-0.15, -0.1) is 0 Å². The number of unbranched alkanes of at least 4 members (excludes halogenated alkanes) is 2. The largest absolute Gasteiger partial charge is 0.370 e. The van der Waals surface area contributed by atoms with Gasteiger partial charge in [-0.25, -0.2) is 9.97 Å². The third kappa shape index (κ3) is 5.30. The lowest BCUT2D eigenvalue weighted by atomic mass is 10.2. The average molecular weight is 391 g/mol. The van der Waals surface area contributed by atoms with Gasteiger partial charge in [0.2, 0.25) is 0 Å². The molecule has 128 valence electrons. The lowest BCUT2D eigenvalue weighted by Crippen LogP contribution is -2.16. The highest BCUT2D eigenvalue weighted by molar-refractivity contribution is 9.10. The molecule has 1 aromatic carbocycles. The van der Waals surface area contributed by atoms with Gasteiger partial charge in [0.05, 0.1) is 0 Å². The van der Waals surface area contributed by atoms with Gasteiger partial charge in [-0.2, -0.15) is 0 Å². The zero-order valence-corrected chi connectivity index (χ0v) is 15.9. The minimum Gasteiger partial charge on any atom is -0.370 e. The standard InChI is InChI=1S/C18H23BrN4O/c1-4-5-6-9-20-17-11-16(21-13(3)22-17)18(24)23-14-8-7-12(2)15(19)10-14/h7-8,10-11H,4-6,9H2,1-3H3,(H,23,24)(H,20,21,22). The highest BCUT2D eigenvalue weighted by Crippen LogP contribution is 2.21. The van der Waals surface area contributed by atoms with Gasteiger partial charge in [-0.1, -0.05) is 41.8 Å². The van der Waals surface area contributed by atoms with Crippen LogP contribution in [-0.4, -0.2) is 22.4 Å². The van der Waals surface area contributed by atoms with Crippen LogP contribution in [-0.2, 0) is 0 Å². The van der Waals surface area contributed by atoms with Crippen molar-refractivity contribution in [3.8, 4) is 0 Å². The number of aromatic nitrogens is 2. The van der Waals surface area contributed by atoms with E-state index in [1.165, 1.54) is 12.8 Å². The quantitative estimate of drug-likeness (QED) is 0.671. The van der Waals surface area contributed by atoms with Crippen LogP contribution in [0.15, 0.2) is 28.7 Å². The highest BCUT2D eigenvalue weighted by Gasteiger charge is 2.11. The van der Waals surface area contributed by atoms with Crippen LogP contribution in [0.4, 0.5) is 11.5 Å². The van der Waals surface area contributed by atoms with E-state index in [1.807, 2.05) is 25.1 Å². The van der Waals surface area contributed by atoms with Crippen molar-refractivity contribution >= 4 is 33.3 Å². The Hall–Kier alpha value is -1.95. The summed E-state index contributed by atoms with van der Waals surface area (Å²) in [6.45, 7) is 6.80. The van der Waals surface area contributed by atoms with Crippen LogP contribution in [0.3, 0.4) is 0 Å². The van der Waals surface area contributed by atoms with E-state index in [1.54, 1.807) is 13.0 Å². The summed E-state index contributed by atoms with van der Waals surface area (Å²) in [6.07, 6.45) is 3.43. The van der Waals surface area contributed by atoms with Crippen molar-refractivity contribution < 1.29 is 4.79 Å². The third-order valence-corrected chi connectivity index (χ3v) is 4.44. The number of nitrogens with one attached hydrogen (secondary N) is 2. The summed E-state index contributed by atoms with van der Waals surface area (Å²) in [5, 5.41) is 6.13. The SMILES string of the molecule is CCCCCNc1cc(C(=O)Nc2ccc(C)c(Br)c2)nc(C)n1. The molecule has 0 unspecified atom stereocenters. The first-order valence-electron chi connectivity index (χ1n) is 8.16. The topological polar surface area (TPSA) is 66.9 Å². The first-order chi connectivity index (χ1) is 11.5. The average Bonchev–Trinajstić information content (AvgIpc) is 2.54. The maximum absolute atomic E-state index is 12.4. The first kappa shape index (κ1) is 18.4. The normalized spacial score (nSPS) is 10.5. The smallest absolute Gasteiger partial charge is 0.274 e. The van der Waals surface area contributed by atoms with Gasteiger partial charge in [0, 0.05) is 22.8 Å². The summed E-state index contributed by atoms with van der Waals surface area (Å²) in [5.41, 5.74) is 2.20. The summed E-state index contributed by atoms with van der Waals surface area (Å²) >= 11 is 3.47. The second kappa shape index (κ2) is 8.78. The van der Waals surface area contributed by atoms with Crippen molar-refractivity contribution in [2.45, 2.75) is 40.0 Å². The molecule has 0 saturated carbocycles. The van der Waals surface area contributed by atoms with Crippen molar-refractivity contribution in [1.29, 1.82) is 0 Å². The molecule has 0 radical (unpaired) electrons. The molecule has 2 aromatic rings. The number of nitrogens with zero attached hydrogens (tertiary/aromatic N) is 2. The third-order valence-electron chi connectivity index (χ3n) is 3.59. The Morgan fingerprint density at radius 1 is 1.17 bits per heavy atom. The zero-order valence-electron chi connectivity index (χ0n) is 14.3. The predicted octanol–water partition coefficient (Wildman–Crippen LogP) is 4.71. The molecule has 0 aliphatic heterocycles. The Bertz CT molecular complexity index is 718. The number of hydrogen-bond donors (Lipinski definition) is 2. The molecule has 0 fully saturated rings. The van der Waals surface area contributed by atoms with E-state index < -0.39 is 0 Å². The van der Waals surface area contributed by atoms with Crippen LogP contribution in [0, 0.1) is 13.8 Å². The van der Waals surface area contributed by atoms with E-state index in [0.717, 1.165) is 28.7 Å². The van der Waals surface area contributed by atoms with Crippen molar-refractivity contribution in [2.24, 2.45) is 0 Å². The van der Waals surface area contributed by atoms with Crippen LogP contribution in [0.2, 0.25) is 0 Å². The van der Waals surface area contributed by atoms with Gasteiger partial charge in [-0.3, -0.25) is 4.79 Å². The lowest BCUT2D eigenvalue weighted by molar-refractivity contribution is 0.102. The number of rotatable bonds is 7. The van der Waals surface area contributed by atoms with E-state index in [2.05, 4.69) is 43.5 Å². The fraction of sp³-hybridized carbons (Fsp3) is 0.389. The van der Waals surface area contributed by atoms with Gasteiger partial charge in [0.25, 0.3) is 5.91 Å². The number of carbonyl (C=O) groups excluding carboxylic acids is 1. The van der Waals surface area contributed by atoms with Crippen molar-refractivity contribution in [3.05, 3.63) is 45.8 Å². The molecule has 1 heterocycles. The Balaban J connectivity index is 2.07. The molecule has 2 rings (SSSR count). The van der Waals surface area contributed by atoms with E-state index in [9.17, 15) is 4.79 Å². The molecule has 1 amide bonds. The van der Waals surface area contributed by atoms with Crippen LogP contribution >= 0.6 is 15.9 Å². The molecule has 5 nitrogen and oxygen atoms in total. The predicted molar refractivity (Wildman–Crippen MR) is 102 cm³/mol. The van der Waals surface area contributed by atoms with Gasteiger partial charge >= 0.3 is 0 Å². The Labute approximate surface area is 151 Å². The fourth-order valence-electron chi connectivity index (χ4n) is 2.23. The minimum atomic E-state index is -0.243. The maximum atomic E-state index is 12.4. The second-order valence-corrected chi connectivity index (χ2v) is 6.59. The molecule has 0 bridgehead atoms. The number of hydrogen-bond acceptors (Lipinski definition) is 4. The molecule has 0 spiro atoms. The number of aryl methyl sites for hydroxylation is 2. The van der Waals surface area contributed by atoms with E-state index in [4.69, 9.17) is 0 Å². The molecule has 0 aliphatic carbocycles. The molecular formula is C18H23BrN4O. The second-order valence-electron chi connectivity index (χ2n) is 5.74. The zero-order chi connectivity index (χ0) is 17.5. The maximum Gasteiger partial charge on any atom is 0.274 e. The molecule has 6 heteroatoms. The van der Waals surface area contributed by atoms with Crippen molar-refractivity contribution in [2.75, 3.05) is 17.2 Å². The summed E-state index contributed by atoms with van der Waals surface area (Å²) < 4.78 is 0.956. The van der Waals surface area contributed by atoms with E-state index in [-0.39, 0.29) is 5.91 Å². The van der Waals surface area contributed by atoms with E-state index >= 15 is 0 Å². The van der Waals surface area contributed by atoms with Crippen molar-refractivity contribution in [1.82, 2.24) is 9.97 Å². The summed E-state index contributed by atoms with van der Waals surface area (Å²) in [4.78, 5) is 21.0. The highest BCUT2D eigenvalue weighted by atomic mass is 79.9. The number of benzene rings is 1. The first-order valence-corrected chi connectivity index (χ1v) is 8.96. The molecule has 1 aromatic heterocycles. The summed E-state index contributed by atoms with van der Waals surface area (Å²) in [5.74, 6) is 1.02. The fourth-order valence-corrected chi connectivity index (χ4v) is 2.61. The van der Waals surface area contributed by atoms with Crippen LogP contribution in [0.1, 0.15) is 48.1 Å². The molecule has 0 saturated heterocycles. The number of anilines is 2. The summed E-state index contributed by atoms with van der Waals surface area (Å²) in [6, 6.07) is 7.39. The molecule has 0 atom stereocenters. The number of halogens is 1. The molecule has 0 aliphatic rings. The molecule has 2 N–H and O–H groups in total. The van der Waals surface area contributed by atoms with Crippen LogP contribution in [0.25, 0.3) is 0 Å². The molecular weight excluding hydrogens is 368 g/mol. The number of amides is 1. The van der Waals surface area contributed by atoms with Crippen LogP contribution in [0.5, 0.6) is 0 Å². The number of carbonyl (C=O) groups is 1. The monoisotopic (exact) mass is 390 g/mol. The summed E-state index contributed by atoms with van der Waals surface area (Å²) in [7, 11) is 0. The van der Waals surface area contributed by atoms with Gasteiger partial charge in [0.15, 0.2) is 0 Å². The van der Waals surface area contributed by atoms with Gasteiger partial charge in [-0.05, 0) is 38.0 Å². The lowest BCUT2D eigenvalue weighted by Gasteiger charge is -2.10. The minimum absolute atomic E-state index is 0.243.